The van der Waals surface area contributed by atoms with Crippen molar-refractivity contribution in [3.8, 4) is 29.1 Å². The smallest absolute Gasteiger partial charge is 0.220 e. The van der Waals surface area contributed by atoms with E-state index in [9.17, 15) is 10.1 Å². The van der Waals surface area contributed by atoms with Gasteiger partial charge >= 0.3 is 0 Å². The van der Waals surface area contributed by atoms with Gasteiger partial charge in [0.15, 0.2) is 23.0 Å². The highest BCUT2D eigenvalue weighted by Crippen LogP contribution is 2.45. The highest BCUT2D eigenvalue weighted by atomic mass is 16.5. The van der Waals surface area contributed by atoms with Gasteiger partial charge < -0.3 is 43.8 Å². The van der Waals surface area contributed by atoms with Gasteiger partial charge in [-0.05, 0) is 41.5 Å². The van der Waals surface area contributed by atoms with Gasteiger partial charge in [0.1, 0.15) is 30.6 Å². The number of nitrogens with two attached hydrogens (primary N) is 1. The Morgan fingerprint density at radius 2 is 1.47 bits per heavy atom. The van der Waals surface area contributed by atoms with E-state index in [0.29, 0.717) is 48.5 Å². The second-order valence-electron chi connectivity index (χ2n) is 12.7. The quantitative estimate of drug-likeness (QED) is 0.348. The van der Waals surface area contributed by atoms with Gasteiger partial charge in [0.05, 0.1) is 46.6 Å². The van der Waals surface area contributed by atoms with E-state index in [2.05, 4.69) is 15.9 Å². The number of morpholine rings is 2. The molecule has 4 aliphatic rings. The van der Waals surface area contributed by atoms with E-state index in [1.807, 2.05) is 42.5 Å². The van der Waals surface area contributed by atoms with Crippen LogP contribution in [0.5, 0.6) is 23.0 Å². The summed E-state index contributed by atoms with van der Waals surface area (Å²) in [6.07, 6.45) is 1.96. The second kappa shape index (κ2) is 17.0. The van der Waals surface area contributed by atoms with Crippen LogP contribution in [0, 0.1) is 11.3 Å². The lowest BCUT2D eigenvalue weighted by Crippen LogP contribution is -2.40. The van der Waals surface area contributed by atoms with E-state index in [4.69, 9.17) is 38.9 Å². The molecule has 272 valence electrons. The standard InChI is InChI=1S/C38H47N5O8/c1-26(44)43-24-29(20-27-4-6-32(34(21-27)45-2)49-18-12-41-8-14-47-15-9-41)37-31(25-43)36(30(23-39)38(40)51-37)28-5-7-33(35(22-28)46-3)50-19-13-42-10-16-48-17-11-42/h4-7,20-22,36H,8-19,24-25,40H2,1-3H3/b29-20+. The predicted octanol–water partition coefficient (Wildman–Crippen LogP) is 3.13. The molecule has 4 heterocycles. The number of hydrogen-bond acceptors (Lipinski definition) is 12. The highest BCUT2D eigenvalue weighted by molar-refractivity contribution is 5.76. The molecule has 1 unspecified atom stereocenters. The monoisotopic (exact) mass is 701 g/mol. The molecule has 0 spiro atoms. The summed E-state index contributed by atoms with van der Waals surface area (Å²) in [4.78, 5) is 19.2. The van der Waals surface area contributed by atoms with Gasteiger partial charge in [-0.15, -0.1) is 0 Å². The summed E-state index contributed by atoms with van der Waals surface area (Å²) in [5.41, 5.74) is 9.82. The number of amides is 1. The van der Waals surface area contributed by atoms with E-state index in [1.54, 1.807) is 19.1 Å². The topological polar surface area (TPSA) is 141 Å². The molecule has 1 atom stereocenters. The predicted molar refractivity (Wildman–Crippen MR) is 189 cm³/mol. The first-order valence-electron chi connectivity index (χ1n) is 17.4. The molecule has 0 aliphatic carbocycles. The lowest BCUT2D eigenvalue weighted by Gasteiger charge is -2.38. The Morgan fingerprint density at radius 3 is 2.04 bits per heavy atom. The number of nitrogens with zero attached hydrogens (tertiary/aromatic N) is 4. The molecule has 0 saturated carbocycles. The Bertz CT molecular complexity index is 1700. The zero-order chi connectivity index (χ0) is 35.7. The van der Waals surface area contributed by atoms with Crippen molar-refractivity contribution >= 4 is 12.0 Å². The number of methoxy groups -OCH3 is 2. The van der Waals surface area contributed by atoms with Crippen LogP contribution < -0.4 is 24.7 Å². The fourth-order valence-electron chi connectivity index (χ4n) is 6.77. The minimum atomic E-state index is -0.572. The van der Waals surface area contributed by atoms with E-state index >= 15 is 0 Å². The Labute approximate surface area is 299 Å². The molecule has 51 heavy (non-hydrogen) atoms. The molecule has 2 fully saturated rings. The van der Waals surface area contributed by atoms with Crippen LogP contribution in [0.1, 0.15) is 24.0 Å². The number of carbonyl (C=O) groups is 1. The molecule has 13 nitrogen and oxygen atoms in total. The highest BCUT2D eigenvalue weighted by Gasteiger charge is 2.39. The molecule has 6 rings (SSSR count). The maximum Gasteiger partial charge on any atom is 0.220 e. The minimum absolute atomic E-state index is 0.0230. The largest absolute Gasteiger partial charge is 0.493 e. The summed E-state index contributed by atoms with van der Waals surface area (Å²) in [5.74, 6) is 2.26. The summed E-state index contributed by atoms with van der Waals surface area (Å²) in [5, 5.41) is 10.3. The summed E-state index contributed by atoms with van der Waals surface area (Å²) < 4.78 is 40.8. The summed E-state index contributed by atoms with van der Waals surface area (Å²) in [7, 11) is 3.20. The van der Waals surface area contributed by atoms with E-state index in [1.165, 1.54) is 6.92 Å². The first-order chi connectivity index (χ1) is 24.9. The van der Waals surface area contributed by atoms with Crippen LogP contribution in [0.4, 0.5) is 0 Å². The molecule has 1 amide bonds. The third-order valence-corrected chi connectivity index (χ3v) is 9.57. The zero-order valence-corrected chi connectivity index (χ0v) is 29.7. The van der Waals surface area contributed by atoms with Gasteiger partial charge in [0.2, 0.25) is 11.8 Å². The average molecular weight is 702 g/mol. The fourth-order valence-corrected chi connectivity index (χ4v) is 6.77. The van der Waals surface area contributed by atoms with Gasteiger partial charge in [-0.2, -0.15) is 5.26 Å². The molecule has 0 radical (unpaired) electrons. The molecule has 2 saturated heterocycles. The van der Waals surface area contributed by atoms with E-state index in [-0.39, 0.29) is 23.9 Å². The maximum atomic E-state index is 12.9. The molecular weight excluding hydrogens is 654 g/mol. The van der Waals surface area contributed by atoms with Crippen molar-refractivity contribution in [3.05, 3.63) is 75.9 Å². The number of carbonyl (C=O) groups excluding carboxylic acids is 1. The van der Waals surface area contributed by atoms with Crippen LogP contribution in [0.2, 0.25) is 0 Å². The number of benzene rings is 2. The average Bonchev–Trinajstić information content (AvgIpc) is 3.15. The second-order valence-corrected chi connectivity index (χ2v) is 12.7. The third-order valence-electron chi connectivity index (χ3n) is 9.57. The van der Waals surface area contributed by atoms with Gasteiger partial charge in [-0.25, -0.2) is 0 Å². The first-order valence-corrected chi connectivity index (χ1v) is 17.4. The van der Waals surface area contributed by atoms with Crippen molar-refractivity contribution in [1.82, 2.24) is 14.7 Å². The molecule has 4 aliphatic heterocycles. The van der Waals surface area contributed by atoms with Crippen LogP contribution in [0.25, 0.3) is 6.08 Å². The normalized spacial score (nSPS) is 20.8. The number of ether oxygens (including phenoxy) is 7. The van der Waals surface area contributed by atoms with Crippen LogP contribution in [0.3, 0.4) is 0 Å². The Kier molecular flexibility index (Phi) is 12.0. The third kappa shape index (κ3) is 8.60. The number of hydrogen-bond donors (Lipinski definition) is 1. The van der Waals surface area contributed by atoms with Crippen LogP contribution >= 0.6 is 0 Å². The molecule has 2 aromatic rings. The van der Waals surface area contributed by atoms with Crippen molar-refractivity contribution in [2.45, 2.75) is 12.8 Å². The summed E-state index contributed by atoms with van der Waals surface area (Å²) >= 11 is 0. The molecule has 0 aromatic heterocycles. The Morgan fingerprint density at radius 1 is 0.882 bits per heavy atom. The van der Waals surface area contributed by atoms with Crippen molar-refractivity contribution in [3.63, 3.8) is 0 Å². The van der Waals surface area contributed by atoms with Gasteiger partial charge in [0, 0.05) is 70.4 Å². The van der Waals surface area contributed by atoms with Crippen molar-refractivity contribution in [2.75, 3.05) is 106 Å². The van der Waals surface area contributed by atoms with Crippen LogP contribution in [-0.2, 0) is 19.0 Å². The summed E-state index contributed by atoms with van der Waals surface area (Å²) in [6, 6.07) is 13.6. The zero-order valence-electron chi connectivity index (χ0n) is 29.7. The van der Waals surface area contributed by atoms with Crippen LogP contribution in [-0.4, -0.2) is 127 Å². The van der Waals surface area contributed by atoms with E-state index < -0.39 is 5.92 Å². The van der Waals surface area contributed by atoms with Crippen molar-refractivity contribution in [2.24, 2.45) is 5.73 Å². The lowest BCUT2D eigenvalue weighted by molar-refractivity contribution is -0.128. The van der Waals surface area contributed by atoms with Crippen molar-refractivity contribution < 1.29 is 38.0 Å². The van der Waals surface area contributed by atoms with Gasteiger partial charge in [0.25, 0.3) is 0 Å². The Balaban J connectivity index is 1.27. The van der Waals surface area contributed by atoms with E-state index in [0.717, 1.165) is 88.0 Å². The molecular formula is C38H47N5O8. The number of rotatable bonds is 12. The van der Waals surface area contributed by atoms with Gasteiger partial charge in [-0.1, -0.05) is 12.1 Å². The fraction of sp³-hybridized carbons (Fsp3) is 0.474. The minimum Gasteiger partial charge on any atom is -0.493 e. The summed E-state index contributed by atoms with van der Waals surface area (Å²) in [6.45, 7) is 11.2. The lowest BCUT2D eigenvalue weighted by atomic mass is 9.80. The SMILES string of the molecule is COc1cc(/C=C2\CN(C(C)=O)CC3=C2OC(N)=C(C#N)C3c2ccc(OCCN3CCOCC3)c(OC)c2)ccc1OCCN1CCOCC1. The van der Waals surface area contributed by atoms with Gasteiger partial charge in [-0.3, -0.25) is 14.6 Å². The van der Waals surface area contributed by atoms with Crippen molar-refractivity contribution in [1.29, 1.82) is 5.26 Å². The molecule has 2 aromatic carbocycles. The molecule has 0 bridgehead atoms. The van der Waals surface area contributed by atoms with Crippen LogP contribution in [0.15, 0.2) is 64.8 Å². The molecule has 2 N–H and O–H groups in total. The first kappa shape index (κ1) is 36.1. The number of nitriles is 1. The maximum absolute atomic E-state index is 12.9. The number of allylic oxidation sites excluding steroid dienone is 1. The Hall–Kier alpha value is -4.74. The molecule has 13 heteroatoms.